The van der Waals surface area contributed by atoms with E-state index in [1.54, 1.807) is 0 Å². The maximum atomic E-state index is 6.38. The Morgan fingerprint density at radius 2 is 0.756 bits per heavy atom. The van der Waals surface area contributed by atoms with Crippen molar-refractivity contribution >= 4 is 86.8 Å². The summed E-state index contributed by atoms with van der Waals surface area (Å²) in [5.74, 6) is 2.76. The molecule has 0 spiro atoms. The van der Waals surface area contributed by atoms with Gasteiger partial charge in [-0.05, 0) is 0 Å². The molecule has 0 saturated carbocycles. The summed E-state index contributed by atoms with van der Waals surface area (Å²) in [5.41, 5.74) is 0.701. The predicted octanol–water partition coefficient (Wildman–Crippen LogP) is 11.4. The van der Waals surface area contributed by atoms with Gasteiger partial charge in [-0.2, -0.15) is 0 Å². The normalized spacial score (nSPS) is 13.3. The van der Waals surface area contributed by atoms with Gasteiger partial charge >= 0.3 is 298 Å². The van der Waals surface area contributed by atoms with Crippen LogP contribution >= 0.6 is 45.1 Å². The molecule has 240 valence electrons. The maximum absolute atomic E-state index is 6.38. The quantitative estimate of drug-likeness (QED) is 0.0747. The van der Waals surface area contributed by atoms with Crippen LogP contribution in [-0.2, 0) is 23.6 Å². The number of rotatable bonds is 18. The van der Waals surface area contributed by atoms with E-state index in [0.717, 1.165) is 0 Å². The van der Waals surface area contributed by atoms with Crippen molar-refractivity contribution in [2.75, 3.05) is 0 Å². The van der Waals surface area contributed by atoms with E-state index in [9.17, 15) is 0 Å². The molecule has 0 radical (unpaired) electrons. The average Bonchev–Trinajstić information content (AvgIpc) is 3.01. The van der Waals surface area contributed by atoms with Crippen molar-refractivity contribution in [2.24, 2.45) is 0 Å². The first kappa shape index (κ1) is 37.5. The van der Waals surface area contributed by atoms with E-state index in [1.807, 2.05) is 139 Å². The van der Waals surface area contributed by atoms with Crippen molar-refractivity contribution in [2.45, 2.75) is 39.0 Å². The fourth-order valence-electron chi connectivity index (χ4n) is 3.36. The van der Waals surface area contributed by atoms with Gasteiger partial charge in [0.1, 0.15) is 0 Å². The first-order chi connectivity index (χ1) is 21.6. The minimum atomic E-state index is -2.93. The second-order valence-corrected chi connectivity index (χ2v) is 35.7. The van der Waals surface area contributed by atoms with Gasteiger partial charge in [0.15, 0.2) is 0 Å². The van der Waals surface area contributed by atoms with Crippen molar-refractivity contribution in [1.29, 1.82) is 0 Å². The summed E-state index contributed by atoms with van der Waals surface area (Å²) in [6.07, 6.45) is 0. The third kappa shape index (κ3) is 13.2. The molecular formula is C30H36N2O4P4S4Te. The molecule has 6 nitrogen and oxygen atoms in total. The number of nitrogens with one attached hydrogen (secondary N) is 2. The molecule has 0 aromatic heterocycles. The molecule has 0 heterocycles. The van der Waals surface area contributed by atoms with Gasteiger partial charge in [0.25, 0.3) is 0 Å². The van der Waals surface area contributed by atoms with E-state index in [0.29, 0.717) is 34.3 Å². The van der Waals surface area contributed by atoms with Crippen LogP contribution in [0.1, 0.15) is 27.7 Å². The van der Waals surface area contributed by atoms with Crippen LogP contribution in [0.4, 0.5) is 0 Å². The zero-order chi connectivity index (χ0) is 32.1. The van der Waals surface area contributed by atoms with Gasteiger partial charge in [-0.3, -0.25) is 0 Å². The third-order valence-corrected chi connectivity index (χ3v) is 39.6. The Morgan fingerprint density at radius 3 is 0.978 bits per heavy atom. The Bertz CT molecular complexity index is 1330. The zero-order valence-electron chi connectivity index (χ0n) is 25.2. The number of benzene rings is 4. The molecule has 4 aromatic carbocycles. The SMILES string of the molecule is CC(C)P(NP(=S)(Oc1ccccc1)Oc1ccccc1)S[Te]SP(NP(=S)(Oc1ccccc1)Oc1ccccc1)C(C)C. The minimum absolute atomic E-state index is 0.350. The predicted molar refractivity (Wildman–Crippen MR) is 208 cm³/mol. The zero-order valence-corrected chi connectivity index (χ0v) is 34.3. The van der Waals surface area contributed by atoms with Gasteiger partial charge in [0, 0.05) is 0 Å². The molecule has 0 amide bonds. The summed E-state index contributed by atoms with van der Waals surface area (Å²) in [6, 6.07) is 38.6. The van der Waals surface area contributed by atoms with Crippen LogP contribution in [-0.4, -0.2) is 29.5 Å². The second kappa shape index (κ2) is 19.0. The van der Waals surface area contributed by atoms with Crippen LogP contribution in [0.15, 0.2) is 121 Å². The van der Waals surface area contributed by atoms with Gasteiger partial charge in [0.2, 0.25) is 0 Å². The Labute approximate surface area is 295 Å². The molecule has 0 fully saturated rings. The van der Waals surface area contributed by atoms with Crippen molar-refractivity contribution in [3.05, 3.63) is 121 Å². The Kier molecular flexibility index (Phi) is 15.8. The fraction of sp³-hybridized carbons (Fsp3) is 0.200. The van der Waals surface area contributed by atoms with E-state index in [-0.39, 0.29) is 0 Å². The molecule has 0 aliphatic heterocycles. The standard InChI is InChI=1S/C30H36N2O4P4S4Te/c1-25(2)37(31-39(41,33-27-17-9-5-10-18-27)34-28-19-11-6-12-20-28)43-45-44-38(26(3)4)32-40(42,35-29-21-13-7-14-22-29)36-30-23-15-8-16-24-30/h5-26H,1-4H3,(H,31,41)(H,32,42). The molecule has 0 aliphatic carbocycles. The molecule has 2 atom stereocenters. The van der Waals surface area contributed by atoms with Gasteiger partial charge in [-0.15, -0.1) is 0 Å². The summed E-state index contributed by atoms with van der Waals surface area (Å²) < 4.78 is 25.5. The summed E-state index contributed by atoms with van der Waals surface area (Å²) in [4.78, 5) is 7.39. The van der Waals surface area contributed by atoms with Crippen LogP contribution in [0.3, 0.4) is 0 Å². The van der Waals surface area contributed by atoms with Crippen molar-refractivity contribution < 1.29 is 18.1 Å². The van der Waals surface area contributed by atoms with Crippen LogP contribution in [0.25, 0.3) is 0 Å². The van der Waals surface area contributed by atoms with Gasteiger partial charge in [-0.25, -0.2) is 0 Å². The van der Waals surface area contributed by atoms with Crippen LogP contribution < -0.4 is 27.8 Å². The van der Waals surface area contributed by atoms with Crippen molar-refractivity contribution in [3.8, 4) is 23.0 Å². The Hall–Kier alpha value is -0.350. The van der Waals surface area contributed by atoms with E-state index in [1.165, 1.54) is 0 Å². The van der Waals surface area contributed by atoms with Crippen molar-refractivity contribution in [3.63, 3.8) is 0 Å². The number of hydrogen-bond acceptors (Lipinski definition) is 8. The van der Waals surface area contributed by atoms with Gasteiger partial charge in [0.05, 0.1) is 0 Å². The van der Waals surface area contributed by atoms with Crippen LogP contribution in [0.5, 0.6) is 23.0 Å². The molecule has 2 unspecified atom stereocenters. The first-order valence-electron chi connectivity index (χ1n) is 14.0. The van der Waals surface area contributed by atoms with Crippen molar-refractivity contribution in [1.82, 2.24) is 9.72 Å². The Morgan fingerprint density at radius 1 is 0.511 bits per heavy atom. The molecule has 45 heavy (non-hydrogen) atoms. The Balaban J connectivity index is 1.46. The number of hydrogen-bond donors (Lipinski definition) is 2. The molecule has 0 saturated heterocycles. The second-order valence-electron chi connectivity index (χ2n) is 9.87. The summed E-state index contributed by atoms with van der Waals surface area (Å²) in [5, 5.41) is 0. The summed E-state index contributed by atoms with van der Waals surface area (Å²) in [7, 11) is 2.43. The summed E-state index contributed by atoms with van der Waals surface area (Å²) >= 11 is 11.6. The molecule has 0 aliphatic rings. The van der Waals surface area contributed by atoms with E-state index < -0.39 is 46.0 Å². The van der Waals surface area contributed by atoms with E-state index in [4.69, 9.17) is 41.7 Å². The molecular weight excluding hydrogens is 832 g/mol. The van der Waals surface area contributed by atoms with Crippen LogP contribution in [0, 0.1) is 0 Å². The third-order valence-electron chi connectivity index (χ3n) is 5.48. The fourth-order valence-corrected chi connectivity index (χ4v) is 50.4. The molecule has 15 heteroatoms. The topological polar surface area (TPSA) is 61.0 Å². The first-order valence-corrected chi connectivity index (χ1v) is 30.5. The number of para-hydroxylation sites is 4. The van der Waals surface area contributed by atoms with Crippen LogP contribution in [0.2, 0.25) is 0 Å². The van der Waals surface area contributed by atoms with E-state index in [2.05, 4.69) is 37.4 Å². The average molecular weight is 868 g/mol. The monoisotopic (exact) mass is 870 g/mol. The molecule has 4 aromatic rings. The molecule has 4 rings (SSSR count). The van der Waals surface area contributed by atoms with Gasteiger partial charge in [-0.1, -0.05) is 0 Å². The molecule has 2 N–H and O–H groups in total. The summed E-state index contributed by atoms with van der Waals surface area (Å²) in [6.45, 7) is 3.03. The van der Waals surface area contributed by atoms with Gasteiger partial charge < -0.3 is 0 Å². The molecule has 0 bridgehead atoms. The van der Waals surface area contributed by atoms with E-state index >= 15 is 0 Å².